The molecule has 8 nitrogen and oxygen atoms in total. The highest BCUT2D eigenvalue weighted by Crippen LogP contribution is 2.28. The zero-order chi connectivity index (χ0) is 17.5. The second-order valence-corrected chi connectivity index (χ2v) is 4.63. The van der Waals surface area contributed by atoms with Gasteiger partial charge in [0.1, 0.15) is 0 Å². The number of hydrazone groups is 1. The summed E-state index contributed by atoms with van der Waals surface area (Å²) in [5.74, 6) is -0.280. The third-order valence-corrected chi connectivity index (χ3v) is 3.04. The van der Waals surface area contributed by atoms with Crippen molar-refractivity contribution in [3.63, 3.8) is 0 Å². The largest absolute Gasteiger partial charge is 0.504 e. The number of phenolic OH excluding ortho intramolecular Hbond substituents is 1. The van der Waals surface area contributed by atoms with Gasteiger partial charge in [0, 0.05) is 23.3 Å². The molecule has 0 saturated carbocycles. The molecular formula is C16H15N3O5. The number of hydrogen-bond acceptors (Lipinski definition) is 6. The van der Waals surface area contributed by atoms with Crippen molar-refractivity contribution in [2.75, 3.05) is 6.61 Å². The highest BCUT2D eigenvalue weighted by molar-refractivity contribution is 5.95. The van der Waals surface area contributed by atoms with Crippen LogP contribution in [0.1, 0.15) is 22.8 Å². The molecule has 2 aromatic rings. The van der Waals surface area contributed by atoms with Gasteiger partial charge in [-0.05, 0) is 31.2 Å². The Morgan fingerprint density at radius 2 is 2.04 bits per heavy atom. The van der Waals surface area contributed by atoms with Crippen LogP contribution in [0.4, 0.5) is 5.69 Å². The molecular weight excluding hydrogens is 314 g/mol. The van der Waals surface area contributed by atoms with E-state index in [1.807, 2.05) is 0 Å². The molecule has 1 amide bonds. The minimum atomic E-state index is -0.548. The van der Waals surface area contributed by atoms with Crippen LogP contribution in [0.3, 0.4) is 0 Å². The summed E-state index contributed by atoms with van der Waals surface area (Å²) in [5.41, 5.74) is 2.79. The SMILES string of the molecule is CCOc1cccc(/C=N/NC(=O)c2ccc([N+](=O)[O-])cc2)c1O. The number of nitro benzene ring substituents is 1. The highest BCUT2D eigenvalue weighted by Gasteiger charge is 2.09. The lowest BCUT2D eigenvalue weighted by Gasteiger charge is -2.07. The number of amides is 1. The molecule has 0 fully saturated rings. The average molecular weight is 329 g/mol. The van der Waals surface area contributed by atoms with Crippen molar-refractivity contribution in [2.45, 2.75) is 6.92 Å². The number of phenols is 1. The van der Waals surface area contributed by atoms with Crippen LogP contribution in [0.25, 0.3) is 0 Å². The van der Waals surface area contributed by atoms with E-state index in [1.165, 1.54) is 30.5 Å². The van der Waals surface area contributed by atoms with Gasteiger partial charge in [0.25, 0.3) is 11.6 Å². The number of para-hydroxylation sites is 1. The van der Waals surface area contributed by atoms with Gasteiger partial charge in [0.2, 0.25) is 0 Å². The molecule has 2 aromatic carbocycles. The minimum Gasteiger partial charge on any atom is -0.504 e. The summed E-state index contributed by atoms with van der Waals surface area (Å²) in [5, 5.41) is 24.3. The fraction of sp³-hybridized carbons (Fsp3) is 0.125. The molecule has 0 bridgehead atoms. The number of nitro groups is 1. The van der Waals surface area contributed by atoms with Crippen LogP contribution < -0.4 is 10.2 Å². The van der Waals surface area contributed by atoms with Gasteiger partial charge in [-0.15, -0.1) is 0 Å². The third kappa shape index (κ3) is 4.07. The van der Waals surface area contributed by atoms with Crippen molar-refractivity contribution in [1.29, 1.82) is 0 Å². The van der Waals surface area contributed by atoms with Crippen LogP contribution in [-0.2, 0) is 0 Å². The maximum absolute atomic E-state index is 11.9. The van der Waals surface area contributed by atoms with E-state index in [1.54, 1.807) is 25.1 Å². The van der Waals surface area contributed by atoms with Crippen molar-refractivity contribution < 1.29 is 19.6 Å². The normalized spacial score (nSPS) is 10.5. The maximum atomic E-state index is 11.9. The maximum Gasteiger partial charge on any atom is 0.271 e. The fourth-order valence-electron chi connectivity index (χ4n) is 1.87. The number of hydrogen-bond donors (Lipinski definition) is 2. The summed E-state index contributed by atoms with van der Waals surface area (Å²) in [6, 6.07) is 10.0. The molecule has 0 aliphatic rings. The van der Waals surface area contributed by atoms with Gasteiger partial charge in [-0.3, -0.25) is 14.9 Å². The summed E-state index contributed by atoms with van der Waals surface area (Å²) in [7, 11) is 0. The number of non-ortho nitro benzene ring substituents is 1. The highest BCUT2D eigenvalue weighted by atomic mass is 16.6. The fourth-order valence-corrected chi connectivity index (χ4v) is 1.87. The van der Waals surface area contributed by atoms with Crippen LogP contribution in [0.5, 0.6) is 11.5 Å². The van der Waals surface area contributed by atoms with Crippen molar-refractivity contribution in [2.24, 2.45) is 5.10 Å². The summed E-state index contributed by atoms with van der Waals surface area (Å²) in [6.07, 6.45) is 1.28. The Morgan fingerprint density at radius 3 is 2.67 bits per heavy atom. The van der Waals surface area contributed by atoms with Crippen LogP contribution in [-0.4, -0.2) is 28.8 Å². The molecule has 2 rings (SSSR count). The van der Waals surface area contributed by atoms with E-state index in [2.05, 4.69) is 10.5 Å². The lowest BCUT2D eigenvalue weighted by molar-refractivity contribution is -0.384. The Labute approximate surface area is 137 Å². The number of nitrogens with zero attached hydrogens (tertiary/aromatic N) is 2. The van der Waals surface area contributed by atoms with E-state index in [4.69, 9.17) is 4.74 Å². The van der Waals surface area contributed by atoms with E-state index in [9.17, 15) is 20.0 Å². The van der Waals surface area contributed by atoms with E-state index in [0.717, 1.165) is 0 Å². The molecule has 0 aromatic heterocycles. The molecule has 2 N–H and O–H groups in total. The third-order valence-electron chi connectivity index (χ3n) is 3.04. The zero-order valence-electron chi connectivity index (χ0n) is 12.8. The number of carbonyl (C=O) groups excluding carboxylic acids is 1. The first-order valence-corrected chi connectivity index (χ1v) is 7.05. The molecule has 0 aliphatic heterocycles. The molecule has 0 unspecified atom stereocenters. The molecule has 0 spiro atoms. The molecule has 8 heteroatoms. The molecule has 0 saturated heterocycles. The lowest BCUT2D eigenvalue weighted by Crippen LogP contribution is -2.17. The predicted octanol–water partition coefficient (Wildman–Crippen LogP) is 2.46. The average Bonchev–Trinajstić information content (AvgIpc) is 2.58. The Bertz CT molecular complexity index is 772. The monoisotopic (exact) mass is 329 g/mol. The van der Waals surface area contributed by atoms with Crippen molar-refractivity contribution in [3.8, 4) is 11.5 Å². The number of ether oxygens (including phenoxy) is 1. The molecule has 0 heterocycles. The predicted molar refractivity (Wildman–Crippen MR) is 87.4 cm³/mol. The molecule has 24 heavy (non-hydrogen) atoms. The summed E-state index contributed by atoms with van der Waals surface area (Å²) >= 11 is 0. The van der Waals surface area contributed by atoms with Crippen molar-refractivity contribution in [1.82, 2.24) is 5.43 Å². The van der Waals surface area contributed by atoms with Gasteiger partial charge in [0.15, 0.2) is 11.5 Å². The first-order valence-electron chi connectivity index (χ1n) is 7.05. The Balaban J connectivity index is 2.04. The Morgan fingerprint density at radius 1 is 1.33 bits per heavy atom. The van der Waals surface area contributed by atoms with Crippen LogP contribution in [0.2, 0.25) is 0 Å². The molecule has 0 aliphatic carbocycles. The quantitative estimate of drug-likeness (QED) is 0.480. The Kier molecular flexibility index (Phi) is 5.45. The summed E-state index contributed by atoms with van der Waals surface area (Å²) in [4.78, 5) is 21.9. The van der Waals surface area contributed by atoms with Crippen LogP contribution >= 0.6 is 0 Å². The summed E-state index contributed by atoms with van der Waals surface area (Å²) in [6.45, 7) is 2.20. The van der Waals surface area contributed by atoms with Gasteiger partial charge in [-0.25, -0.2) is 5.43 Å². The zero-order valence-corrected chi connectivity index (χ0v) is 12.8. The number of nitrogens with one attached hydrogen (secondary N) is 1. The van der Waals surface area contributed by atoms with Gasteiger partial charge >= 0.3 is 0 Å². The van der Waals surface area contributed by atoms with E-state index in [-0.39, 0.29) is 17.0 Å². The minimum absolute atomic E-state index is 0.0762. The van der Waals surface area contributed by atoms with Gasteiger partial charge < -0.3 is 9.84 Å². The smallest absolute Gasteiger partial charge is 0.271 e. The van der Waals surface area contributed by atoms with Crippen LogP contribution in [0, 0.1) is 10.1 Å². The molecule has 124 valence electrons. The number of benzene rings is 2. The van der Waals surface area contributed by atoms with Gasteiger partial charge in [-0.2, -0.15) is 5.10 Å². The lowest BCUT2D eigenvalue weighted by atomic mass is 10.2. The van der Waals surface area contributed by atoms with Crippen molar-refractivity contribution >= 4 is 17.8 Å². The van der Waals surface area contributed by atoms with E-state index in [0.29, 0.717) is 17.9 Å². The first-order chi connectivity index (χ1) is 11.5. The van der Waals surface area contributed by atoms with E-state index < -0.39 is 10.8 Å². The van der Waals surface area contributed by atoms with Gasteiger partial charge in [-0.1, -0.05) is 6.07 Å². The second kappa shape index (κ2) is 7.73. The van der Waals surface area contributed by atoms with E-state index >= 15 is 0 Å². The standard InChI is InChI=1S/C16H15N3O5/c1-2-24-14-5-3-4-12(15(14)20)10-17-18-16(21)11-6-8-13(9-7-11)19(22)23/h3-10,20H,2H2,1H3,(H,18,21)/b17-10+. The van der Waals surface area contributed by atoms with Gasteiger partial charge in [0.05, 0.1) is 17.7 Å². The second-order valence-electron chi connectivity index (χ2n) is 4.63. The Hall–Kier alpha value is -3.42. The molecule has 0 radical (unpaired) electrons. The summed E-state index contributed by atoms with van der Waals surface area (Å²) < 4.78 is 5.25. The molecule has 0 atom stereocenters. The number of aromatic hydroxyl groups is 1. The van der Waals surface area contributed by atoms with Crippen molar-refractivity contribution in [3.05, 3.63) is 63.7 Å². The van der Waals surface area contributed by atoms with Crippen LogP contribution in [0.15, 0.2) is 47.6 Å². The first kappa shape index (κ1) is 16.9. The topological polar surface area (TPSA) is 114 Å². The number of rotatable bonds is 6. The number of carbonyl (C=O) groups is 1.